The lowest BCUT2D eigenvalue weighted by molar-refractivity contribution is -0.112. The van der Waals surface area contributed by atoms with E-state index in [-0.39, 0.29) is 16.9 Å². The van der Waals surface area contributed by atoms with Crippen LogP contribution in [0.4, 0.5) is 0 Å². The van der Waals surface area contributed by atoms with Gasteiger partial charge in [-0.25, -0.2) is 0 Å². The van der Waals surface area contributed by atoms with Crippen molar-refractivity contribution in [2.75, 3.05) is 0 Å². The van der Waals surface area contributed by atoms with E-state index in [1.165, 1.54) is 11.8 Å². The zero-order chi connectivity index (χ0) is 18.8. The molecule has 132 valence electrons. The molecular formula is C23H16O3S. The molecule has 3 aromatic rings. The van der Waals surface area contributed by atoms with Crippen molar-refractivity contribution in [2.24, 2.45) is 0 Å². The van der Waals surface area contributed by atoms with Crippen LogP contribution in [0, 0.1) is 0 Å². The molecule has 3 aromatic carbocycles. The third kappa shape index (κ3) is 3.20. The minimum atomic E-state index is -0.650. The summed E-state index contributed by atoms with van der Waals surface area (Å²) in [7, 11) is 0. The van der Waals surface area contributed by atoms with Gasteiger partial charge in [-0.15, -0.1) is 11.8 Å². The second-order valence-corrected chi connectivity index (χ2v) is 7.37. The number of aliphatic hydroxyl groups is 1. The van der Waals surface area contributed by atoms with Crippen LogP contribution < -0.4 is 0 Å². The van der Waals surface area contributed by atoms with Crippen molar-refractivity contribution in [1.29, 1.82) is 0 Å². The maximum absolute atomic E-state index is 12.9. The minimum Gasteiger partial charge on any atom is -0.507 e. The Hall–Kier alpha value is -3.11. The van der Waals surface area contributed by atoms with E-state index in [4.69, 9.17) is 0 Å². The number of fused-ring (bicyclic) bond motifs is 1. The maximum atomic E-state index is 12.9. The molecule has 1 aliphatic rings. The molecule has 1 atom stereocenters. The first kappa shape index (κ1) is 17.3. The first-order valence-corrected chi connectivity index (χ1v) is 9.43. The van der Waals surface area contributed by atoms with Crippen LogP contribution in [0.25, 0.3) is 5.76 Å². The summed E-state index contributed by atoms with van der Waals surface area (Å²) < 4.78 is 0. The molecule has 0 spiro atoms. The smallest absolute Gasteiger partial charge is 0.234 e. The summed E-state index contributed by atoms with van der Waals surface area (Å²) in [6.45, 7) is 0. The normalized spacial score (nSPS) is 14.8. The van der Waals surface area contributed by atoms with Crippen LogP contribution in [0.5, 0.6) is 0 Å². The molecule has 0 aromatic heterocycles. The number of aliphatic hydroxyl groups excluding tert-OH is 1. The van der Waals surface area contributed by atoms with Gasteiger partial charge >= 0.3 is 0 Å². The average Bonchev–Trinajstić information content (AvgIpc) is 2.73. The highest BCUT2D eigenvalue weighted by atomic mass is 32.2. The molecule has 0 saturated heterocycles. The van der Waals surface area contributed by atoms with E-state index in [0.717, 1.165) is 10.5 Å². The summed E-state index contributed by atoms with van der Waals surface area (Å²) in [6, 6.07) is 25.8. The average molecular weight is 372 g/mol. The topological polar surface area (TPSA) is 54.4 Å². The summed E-state index contributed by atoms with van der Waals surface area (Å²) in [5, 5.41) is 10.4. The minimum absolute atomic E-state index is 0.118. The molecule has 0 radical (unpaired) electrons. The van der Waals surface area contributed by atoms with Crippen molar-refractivity contribution in [3.63, 3.8) is 0 Å². The van der Waals surface area contributed by atoms with Gasteiger partial charge < -0.3 is 5.11 Å². The number of ketones is 2. The lowest BCUT2D eigenvalue weighted by Gasteiger charge is -2.24. The monoisotopic (exact) mass is 372 g/mol. The van der Waals surface area contributed by atoms with Gasteiger partial charge in [-0.3, -0.25) is 9.59 Å². The molecule has 0 aliphatic heterocycles. The van der Waals surface area contributed by atoms with Gasteiger partial charge in [0.2, 0.25) is 11.6 Å². The first-order valence-electron chi connectivity index (χ1n) is 8.55. The van der Waals surface area contributed by atoms with Crippen molar-refractivity contribution in [3.8, 4) is 0 Å². The summed E-state index contributed by atoms with van der Waals surface area (Å²) in [4.78, 5) is 26.5. The third-order valence-corrected chi connectivity index (χ3v) is 5.78. The summed E-state index contributed by atoms with van der Waals surface area (Å²) >= 11 is 1.44. The Labute approximate surface area is 161 Å². The van der Waals surface area contributed by atoms with Crippen LogP contribution in [0.2, 0.25) is 0 Å². The van der Waals surface area contributed by atoms with Crippen molar-refractivity contribution in [1.82, 2.24) is 0 Å². The molecule has 4 rings (SSSR count). The van der Waals surface area contributed by atoms with Crippen LogP contribution in [0.1, 0.15) is 26.7 Å². The Morgan fingerprint density at radius 1 is 0.667 bits per heavy atom. The fourth-order valence-corrected chi connectivity index (χ4v) is 4.40. The molecule has 1 N–H and O–H groups in total. The highest BCUT2D eigenvalue weighted by Gasteiger charge is 2.37. The Balaban J connectivity index is 1.89. The molecule has 1 aliphatic carbocycles. The lowest BCUT2D eigenvalue weighted by Crippen LogP contribution is -2.26. The molecule has 1 unspecified atom stereocenters. The van der Waals surface area contributed by atoms with Crippen molar-refractivity contribution >= 4 is 29.1 Å². The highest BCUT2D eigenvalue weighted by molar-refractivity contribution is 7.99. The van der Waals surface area contributed by atoms with Gasteiger partial charge in [-0.1, -0.05) is 72.8 Å². The van der Waals surface area contributed by atoms with Gasteiger partial charge in [0.25, 0.3) is 0 Å². The summed E-state index contributed by atoms with van der Waals surface area (Å²) in [5.74, 6) is -1.34. The van der Waals surface area contributed by atoms with Crippen molar-refractivity contribution in [3.05, 3.63) is 107 Å². The number of Topliss-reactive ketones (excluding diaryl/α,β-unsaturated/α-hetero) is 2. The SMILES string of the molecule is O=C1C(=O)c2ccccc2C(O)=C1C(Sc1ccccc1)c1ccccc1. The number of carbonyl (C=O) groups excluding carboxylic acids is 2. The van der Waals surface area contributed by atoms with Gasteiger partial charge in [0.1, 0.15) is 5.76 Å². The maximum Gasteiger partial charge on any atom is 0.234 e. The first-order chi connectivity index (χ1) is 13.2. The highest BCUT2D eigenvalue weighted by Crippen LogP contribution is 2.45. The zero-order valence-corrected chi connectivity index (χ0v) is 15.1. The number of hydrogen-bond donors (Lipinski definition) is 1. The second-order valence-electron chi connectivity index (χ2n) is 6.19. The molecule has 0 amide bonds. The van der Waals surface area contributed by atoms with Gasteiger partial charge in [-0.2, -0.15) is 0 Å². The number of thioether (sulfide) groups is 1. The van der Waals surface area contributed by atoms with E-state index in [1.54, 1.807) is 24.3 Å². The van der Waals surface area contributed by atoms with E-state index in [9.17, 15) is 14.7 Å². The fourth-order valence-electron chi connectivity index (χ4n) is 3.18. The fraction of sp³-hybridized carbons (Fsp3) is 0.0435. The lowest BCUT2D eigenvalue weighted by atomic mass is 9.85. The molecule has 4 heteroatoms. The number of hydrogen-bond acceptors (Lipinski definition) is 4. The van der Waals surface area contributed by atoms with E-state index in [1.807, 2.05) is 60.7 Å². The van der Waals surface area contributed by atoms with E-state index in [0.29, 0.717) is 5.56 Å². The van der Waals surface area contributed by atoms with Crippen LogP contribution in [0.3, 0.4) is 0 Å². The van der Waals surface area contributed by atoms with Crippen LogP contribution >= 0.6 is 11.8 Å². The summed E-state index contributed by atoms with van der Waals surface area (Å²) in [6.07, 6.45) is 0. The third-order valence-electron chi connectivity index (χ3n) is 4.49. The Morgan fingerprint density at radius 3 is 1.89 bits per heavy atom. The molecule has 0 bridgehead atoms. The predicted octanol–water partition coefficient (Wildman–Crippen LogP) is 5.25. The Morgan fingerprint density at radius 2 is 1.22 bits per heavy atom. The van der Waals surface area contributed by atoms with E-state index >= 15 is 0 Å². The predicted molar refractivity (Wildman–Crippen MR) is 107 cm³/mol. The van der Waals surface area contributed by atoms with Gasteiger partial charge in [-0.05, 0) is 17.7 Å². The standard InChI is InChI=1S/C23H16O3S/c24-20-17-13-7-8-14-18(17)21(25)22(26)19(20)23(15-9-3-1-4-10-15)27-16-11-5-2-6-12-16/h1-14,23-24H. The second kappa shape index (κ2) is 7.25. The van der Waals surface area contributed by atoms with Gasteiger partial charge in [0.05, 0.1) is 10.8 Å². The molecule has 0 heterocycles. The van der Waals surface area contributed by atoms with Gasteiger partial charge in [0, 0.05) is 16.0 Å². The van der Waals surface area contributed by atoms with Crippen molar-refractivity contribution < 1.29 is 14.7 Å². The summed E-state index contributed by atoms with van der Waals surface area (Å²) in [5.41, 5.74) is 1.65. The van der Waals surface area contributed by atoms with Crippen LogP contribution in [-0.4, -0.2) is 16.7 Å². The molecule has 0 fully saturated rings. The molecular weight excluding hydrogens is 356 g/mol. The van der Waals surface area contributed by atoms with Crippen LogP contribution in [0.15, 0.2) is 95.4 Å². The molecule has 27 heavy (non-hydrogen) atoms. The quantitative estimate of drug-likeness (QED) is 0.502. The molecule has 3 nitrogen and oxygen atoms in total. The van der Waals surface area contributed by atoms with Crippen LogP contribution in [-0.2, 0) is 4.79 Å². The largest absolute Gasteiger partial charge is 0.507 e. The van der Waals surface area contributed by atoms with Gasteiger partial charge in [0.15, 0.2) is 0 Å². The molecule has 0 saturated carbocycles. The Bertz CT molecular complexity index is 1040. The van der Waals surface area contributed by atoms with E-state index in [2.05, 4.69) is 0 Å². The number of benzene rings is 3. The van der Waals surface area contributed by atoms with E-state index < -0.39 is 16.8 Å². The van der Waals surface area contributed by atoms with Crippen molar-refractivity contribution in [2.45, 2.75) is 10.1 Å². The number of carbonyl (C=O) groups is 2. The zero-order valence-electron chi connectivity index (χ0n) is 14.3. The number of rotatable bonds is 4. The Kier molecular flexibility index (Phi) is 4.65.